The van der Waals surface area contributed by atoms with Crippen LogP contribution in [-0.2, 0) is 11.8 Å². The van der Waals surface area contributed by atoms with E-state index in [1.54, 1.807) is 0 Å². The number of aliphatic hydroxyl groups excluding tert-OH is 1. The molecule has 4 nitrogen and oxygen atoms in total. The highest BCUT2D eigenvalue weighted by Crippen LogP contribution is 2.64. The molecule has 2 bridgehead atoms. The number of hydrogen-bond acceptors (Lipinski definition) is 4. The molecule has 1 aromatic carbocycles. The number of piperidine rings is 1. The monoisotopic (exact) mass is 355 g/mol. The van der Waals surface area contributed by atoms with Crippen LogP contribution in [-0.4, -0.2) is 52.1 Å². The van der Waals surface area contributed by atoms with Crippen LogP contribution in [0.1, 0.15) is 55.2 Å². The van der Waals surface area contributed by atoms with Gasteiger partial charge in [0.05, 0.1) is 17.1 Å². The van der Waals surface area contributed by atoms with Crippen molar-refractivity contribution < 1.29 is 14.9 Å². The molecule has 3 aliphatic carbocycles. The molecule has 1 unspecified atom stereocenters. The topological polar surface area (TPSA) is 52.9 Å². The molecule has 0 radical (unpaired) electrons. The second-order valence-corrected chi connectivity index (χ2v) is 9.55. The van der Waals surface area contributed by atoms with E-state index in [9.17, 15) is 10.2 Å². The maximum absolute atomic E-state index is 12.2. The number of rotatable bonds is 2. The molecular weight excluding hydrogens is 326 g/mol. The molecule has 2 N–H and O–H groups in total. The van der Waals surface area contributed by atoms with Crippen molar-refractivity contribution in [2.24, 2.45) is 5.92 Å². The smallest absolute Gasteiger partial charge is 0.137 e. The molecule has 140 valence electrons. The Balaban J connectivity index is 1.52. The second-order valence-electron chi connectivity index (χ2n) is 9.55. The van der Waals surface area contributed by atoms with E-state index >= 15 is 0 Å². The highest BCUT2D eigenvalue weighted by molar-refractivity contribution is 5.60. The molecule has 2 heterocycles. The Morgan fingerprint density at radius 2 is 2.08 bits per heavy atom. The highest BCUT2D eigenvalue weighted by atomic mass is 16.5. The lowest BCUT2D eigenvalue weighted by molar-refractivity contribution is -0.209. The van der Waals surface area contributed by atoms with Crippen molar-refractivity contribution in [2.75, 3.05) is 13.1 Å². The van der Waals surface area contributed by atoms with Crippen molar-refractivity contribution in [3.05, 3.63) is 28.8 Å². The Bertz CT molecular complexity index is 775. The average Bonchev–Trinajstić information content (AvgIpc) is 2.93. The standard InChI is InChI=1S/C22H29NO3/c1-13-5-6-15-11-17-22(25)8-7-16(24)20-21(22,18(15)19(13)26-20)9-10-23(17)12-14-3-2-4-14/h5-6,14,16-17,20,24-25H,2-4,7-12H2,1H3/t16?,17-,20+,21+,22-/m0/s1. The number of benzene rings is 1. The van der Waals surface area contributed by atoms with Crippen LogP contribution in [0.3, 0.4) is 0 Å². The summed E-state index contributed by atoms with van der Waals surface area (Å²) in [7, 11) is 0. The summed E-state index contributed by atoms with van der Waals surface area (Å²) in [6.07, 6.45) is 6.43. The van der Waals surface area contributed by atoms with E-state index in [-0.39, 0.29) is 12.1 Å². The zero-order valence-electron chi connectivity index (χ0n) is 15.6. The first kappa shape index (κ1) is 15.9. The summed E-state index contributed by atoms with van der Waals surface area (Å²) < 4.78 is 6.41. The molecule has 0 amide bonds. The van der Waals surface area contributed by atoms with Gasteiger partial charge in [-0.25, -0.2) is 0 Å². The van der Waals surface area contributed by atoms with E-state index in [0.717, 1.165) is 43.2 Å². The molecule has 6 rings (SSSR count). The van der Waals surface area contributed by atoms with Gasteiger partial charge < -0.3 is 14.9 Å². The van der Waals surface area contributed by atoms with Crippen LogP contribution in [0.2, 0.25) is 0 Å². The quantitative estimate of drug-likeness (QED) is 0.855. The Labute approximate surface area is 155 Å². The third-order valence-electron chi connectivity index (χ3n) is 8.48. The van der Waals surface area contributed by atoms with Crippen molar-refractivity contribution in [3.8, 4) is 5.75 Å². The number of aryl methyl sites for hydroxylation is 1. The van der Waals surface area contributed by atoms with Crippen LogP contribution in [0.25, 0.3) is 0 Å². The van der Waals surface area contributed by atoms with Gasteiger partial charge in [-0.05, 0) is 69.0 Å². The van der Waals surface area contributed by atoms with Crippen molar-refractivity contribution >= 4 is 0 Å². The number of ether oxygens (including phenoxy) is 1. The molecule has 5 aliphatic rings. The van der Waals surface area contributed by atoms with Gasteiger partial charge in [-0.2, -0.15) is 0 Å². The van der Waals surface area contributed by atoms with E-state index in [4.69, 9.17) is 4.74 Å². The molecule has 5 atom stereocenters. The Morgan fingerprint density at radius 3 is 2.85 bits per heavy atom. The fraction of sp³-hybridized carbons (Fsp3) is 0.727. The van der Waals surface area contributed by atoms with Gasteiger partial charge in [0.2, 0.25) is 0 Å². The Morgan fingerprint density at radius 1 is 1.23 bits per heavy atom. The molecule has 1 saturated heterocycles. The highest BCUT2D eigenvalue weighted by Gasteiger charge is 2.72. The number of nitrogens with zero attached hydrogens (tertiary/aromatic N) is 1. The lowest BCUT2D eigenvalue weighted by atomic mass is 9.48. The first-order chi connectivity index (χ1) is 12.5. The third kappa shape index (κ3) is 1.68. The molecule has 26 heavy (non-hydrogen) atoms. The number of hydrogen-bond donors (Lipinski definition) is 2. The summed E-state index contributed by atoms with van der Waals surface area (Å²) >= 11 is 0. The van der Waals surface area contributed by atoms with Crippen molar-refractivity contribution in [1.29, 1.82) is 0 Å². The molecule has 2 saturated carbocycles. The van der Waals surface area contributed by atoms with E-state index in [1.165, 1.54) is 30.4 Å². The summed E-state index contributed by atoms with van der Waals surface area (Å²) in [6.45, 7) is 4.24. The number of aliphatic hydroxyl groups is 2. The predicted octanol–water partition coefficient (Wildman–Crippen LogP) is 2.31. The van der Waals surface area contributed by atoms with E-state index in [2.05, 4.69) is 24.0 Å². The summed E-state index contributed by atoms with van der Waals surface area (Å²) in [4.78, 5) is 2.59. The lowest BCUT2D eigenvalue weighted by Gasteiger charge is -2.64. The molecule has 2 aliphatic heterocycles. The fourth-order valence-electron chi connectivity index (χ4n) is 6.98. The van der Waals surface area contributed by atoms with E-state index < -0.39 is 17.1 Å². The molecule has 1 spiro atoms. The maximum atomic E-state index is 12.2. The van der Waals surface area contributed by atoms with Gasteiger partial charge in [0.25, 0.3) is 0 Å². The van der Waals surface area contributed by atoms with Gasteiger partial charge in [0, 0.05) is 18.2 Å². The van der Waals surface area contributed by atoms with Gasteiger partial charge in [0.1, 0.15) is 11.9 Å². The van der Waals surface area contributed by atoms with Crippen LogP contribution < -0.4 is 4.74 Å². The van der Waals surface area contributed by atoms with Crippen molar-refractivity contribution in [1.82, 2.24) is 4.90 Å². The SMILES string of the molecule is Cc1ccc2c3c1O[C@@H]1C(O)CC[C@]4(O)[C@H](C2)N(CC2CCC2)CC[C@@]314. The average molecular weight is 355 g/mol. The predicted molar refractivity (Wildman–Crippen MR) is 98.5 cm³/mol. The fourth-order valence-corrected chi connectivity index (χ4v) is 6.98. The molecular formula is C22H29NO3. The molecule has 4 heteroatoms. The zero-order chi connectivity index (χ0) is 17.7. The number of likely N-dealkylation sites (tertiary alicyclic amines) is 1. The second kappa shape index (κ2) is 5.03. The minimum atomic E-state index is -0.773. The summed E-state index contributed by atoms with van der Waals surface area (Å²) in [6, 6.07) is 4.57. The molecule has 1 aromatic rings. The third-order valence-corrected chi connectivity index (χ3v) is 8.48. The van der Waals surface area contributed by atoms with Gasteiger partial charge in [-0.15, -0.1) is 0 Å². The van der Waals surface area contributed by atoms with Crippen LogP contribution >= 0.6 is 0 Å². The Hall–Kier alpha value is -1.10. The Kier molecular flexibility index (Phi) is 3.08. The minimum Gasteiger partial charge on any atom is -0.486 e. The van der Waals surface area contributed by atoms with Gasteiger partial charge in [0.15, 0.2) is 0 Å². The van der Waals surface area contributed by atoms with E-state index in [1.807, 2.05) is 0 Å². The van der Waals surface area contributed by atoms with Crippen molar-refractivity contribution in [2.45, 2.75) is 81.1 Å². The molecule has 0 aromatic heterocycles. The normalized spacial score (nSPS) is 43.6. The lowest BCUT2D eigenvalue weighted by Crippen LogP contribution is -2.77. The van der Waals surface area contributed by atoms with Gasteiger partial charge in [-0.1, -0.05) is 18.6 Å². The zero-order valence-corrected chi connectivity index (χ0v) is 15.6. The first-order valence-electron chi connectivity index (χ1n) is 10.5. The van der Waals surface area contributed by atoms with Crippen LogP contribution in [0.5, 0.6) is 5.75 Å². The van der Waals surface area contributed by atoms with Crippen LogP contribution in [0, 0.1) is 12.8 Å². The van der Waals surface area contributed by atoms with Crippen LogP contribution in [0.15, 0.2) is 12.1 Å². The summed E-state index contributed by atoms with van der Waals surface area (Å²) in [5, 5.41) is 23.0. The van der Waals surface area contributed by atoms with Gasteiger partial charge >= 0.3 is 0 Å². The maximum Gasteiger partial charge on any atom is 0.137 e. The summed E-state index contributed by atoms with van der Waals surface area (Å²) in [5.74, 6) is 1.77. The van der Waals surface area contributed by atoms with Crippen molar-refractivity contribution in [3.63, 3.8) is 0 Å². The largest absolute Gasteiger partial charge is 0.486 e. The molecule has 3 fully saturated rings. The minimum absolute atomic E-state index is 0.164. The first-order valence-corrected chi connectivity index (χ1v) is 10.5. The van der Waals surface area contributed by atoms with E-state index in [0.29, 0.717) is 12.8 Å². The summed E-state index contributed by atoms with van der Waals surface area (Å²) in [5.41, 5.74) is 2.53. The van der Waals surface area contributed by atoms with Crippen LogP contribution in [0.4, 0.5) is 0 Å². The van der Waals surface area contributed by atoms with Gasteiger partial charge in [-0.3, -0.25) is 4.90 Å².